The third-order valence-electron chi connectivity index (χ3n) is 17.4. The average Bonchev–Trinajstić information content (AvgIpc) is 1.57. The lowest BCUT2D eigenvalue weighted by Gasteiger charge is -2.26. The number of benzene rings is 13. The summed E-state index contributed by atoms with van der Waals surface area (Å²) in [6.45, 7) is 0. The van der Waals surface area contributed by atoms with Gasteiger partial charge < -0.3 is 14.0 Å². The molecule has 93 heavy (non-hydrogen) atoms. The van der Waals surface area contributed by atoms with Gasteiger partial charge in [0, 0.05) is 83.4 Å². The van der Waals surface area contributed by atoms with E-state index in [1.54, 1.807) is 0 Å². The second-order valence-corrected chi connectivity index (χ2v) is 23.1. The van der Waals surface area contributed by atoms with Crippen LogP contribution in [0.3, 0.4) is 0 Å². The molecule has 4 aromatic heterocycles. The summed E-state index contributed by atoms with van der Waals surface area (Å²) in [4.78, 5) is 32.4. The van der Waals surface area contributed by atoms with Crippen LogP contribution < -0.4 is 4.90 Å². The van der Waals surface area contributed by atoms with Gasteiger partial charge in [-0.05, 0) is 131 Å². The monoisotopic (exact) mass is 1190 g/mol. The van der Waals surface area contributed by atoms with E-state index in [2.05, 4.69) is 226 Å². The van der Waals surface area contributed by atoms with Crippen molar-refractivity contribution < 1.29 is 0 Å². The number of para-hydroxylation sites is 2. The van der Waals surface area contributed by atoms with Crippen LogP contribution in [-0.4, -0.2) is 39.0 Å². The van der Waals surface area contributed by atoms with Gasteiger partial charge in [-0.3, -0.25) is 0 Å². The zero-order valence-corrected chi connectivity index (χ0v) is 50.3. The van der Waals surface area contributed by atoms with Gasteiger partial charge >= 0.3 is 0 Å². The van der Waals surface area contributed by atoms with E-state index in [1.807, 2.05) is 121 Å². The minimum atomic E-state index is 0.611. The summed E-state index contributed by atoms with van der Waals surface area (Å²) in [5.41, 5.74) is 19.7. The molecule has 0 aliphatic carbocycles. The van der Waals surface area contributed by atoms with Crippen molar-refractivity contribution in [3.63, 3.8) is 0 Å². The van der Waals surface area contributed by atoms with Crippen LogP contribution in [0.2, 0.25) is 0 Å². The van der Waals surface area contributed by atoms with Crippen LogP contribution in [0.1, 0.15) is 0 Å². The molecule has 436 valence electrons. The maximum atomic E-state index is 5.04. The molecule has 0 spiro atoms. The molecule has 0 saturated heterocycles. The zero-order chi connectivity index (χ0) is 61.6. The molecule has 17 rings (SSSR count). The van der Waals surface area contributed by atoms with Gasteiger partial charge in [-0.2, -0.15) is 0 Å². The van der Waals surface area contributed by atoms with E-state index in [1.165, 1.54) is 11.1 Å². The number of fused-ring (bicyclic) bond motifs is 6. The van der Waals surface area contributed by atoms with Crippen molar-refractivity contribution in [3.8, 4) is 102 Å². The zero-order valence-electron chi connectivity index (χ0n) is 50.3. The van der Waals surface area contributed by atoms with Gasteiger partial charge in [-0.1, -0.05) is 224 Å². The minimum absolute atomic E-state index is 0.611. The smallest absolute Gasteiger partial charge is 0.164 e. The van der Waals surface area contributed by atoms with Crippen LogP contribution in [0.4, 0.5) is 17.1 Å². The Bertz CT molecular complexity index is 5160. The number of nitrogens with zero attached hydrogens (tertiary/aromatic N) is 9. The summed E-state index contributed by atoms with van der Waals surface area (Å²) in [5.74, 6) is 3.73. The Labute approximate surface area is 537 Å². The van der Waals surface area contributed by atoms with Crippen molar-refractivity contribution in [2.75, 3.05) is 4.90 Å². The predicted molar refractivity (Wildman–Crippen MR) is 380 cm³/mol. The van der Waals surface area contributed by atoms with Crippen LogP contribution >= 0.6 is 0 Å². The Morgan fingerprint density at radius 2 is 0.419 bits per heavy atom. The molecule has 0 N–H and O–H groups in total. The van der Waals surface area contributed by atoms with Gasteiger partial charge in [-0.25, -0.2) is 29.9 Å². The number of hydrogen-bond acceptors (Lipinski definition) is 7. The fourth-order valence-corrected chi connectivity index (χ4v) is 12.9. The Morgan fingerprint density at radius 3 is 0.753 bits per heavy atom. The lowest BCUT2D eigenvalue weighted by atomic mass is 10.00. The Morgan fingerprint density at radius 1 is 0.183 bits per heavy atom. The summed E-state index contributed by atoms with van der Waals surface area (Å²) >= 11 is 0. The highest BCUT2D eigenvalue weighted by Gasteiger charge is 2.22. The van der Waals surface area contributed by atoms with E-state index in [4.69, 9.17) is 29.9 Å². The van der Waals surface area contributed by atoms with Crippen molar-refractivity contribution in [1.29, 1.82) is 0 Å². The lowest BCUT2D eigenvalue weighted by Crippen LogP contribution is -2.10. The van der Waals surface area contributed by atoms with Crippen molar-refractivity contribution in [3.05, 3.63) is 334 Å². The van der Waals surface area contributed by atoms with Crippen molar-refractivity contribution in [2.24, 2.45) is 0 Å². The van der Waals surface area contributed by atoms with E-state index in [9.17, 15) is 0 Å². The molecule has 0 bridgehead atoms. The first-order valence-electron chi connectivity index (χ1n) is 31.2. The molecule has 0 saturated carbocycles. The van der Waals surface area contributed by atoms with Gasteiger partial charge in [0.05, 0.1) is 22.1 Å². The van der Waals surface area contributed by atoms with E-state index >= 15 is 0 Å². The highest BCUT2D eigenvalue weighted by atomic mass is 15.1. The Balaban J connectivity index is 0.766. The normalized spacial score (nSPS) is 11.4. The summed E-state index contributed by atoms with van der Waals surface area (Å²) in [6, 6.07) is 117. The van der Waals surface area contributed by atoms with E-state index in [-0.39, 0.29) is 0 Å². The number of anilines is 3. The average molecular weight is 1190 g/mol. The summed E-state index contributed by atoms with van der Waals surface area (Å²) in [7, 11) is 0. The van der Waals surface area contributed by atoms with Crippen LogP contribution in [0.15, 0.2) is 334 Å². The fraction of sp³-hybridized carbons (Fsp3) is 0. The Hall–Kier alpha value is -12.7. The summed E-state index contributed by atoms with van der Waals surface area (Å²) in [5, 5.41) is 4.57. The molecule has 17 aromatic rings. The molecule has 0 unspecified atom stereocenters. The minimum Gasteiger partial charge on any atom is -0.310 e. The first-order valence-corrected chi connectivity index (χ1v) is 31.2. The third kappa shape index (κ3) is 10.2. The topological polar surface area (TPSA) is 90.4 Å². The molecule has 0 aliphatic heterocycles. The largest absolute Gasteiger partial charge is 0.310 e. The highest BCUT2D eigenvalue weighted by Crippen LogP contribution is 2.44. The third-order valence-corrected chi connectivity index (χ3v) is 17.4. The quantitative estimate of drug-likeness (QED) is 0.114. The van der Waals surface area contributed by atoms with Crippen LogP contribution in [0.5, 0.6) is 0 Å². The van der Waals surface area contributed by atoms with Gasteiger partial charge in [0.25, 0.3) is 0 Å². The van der Waals surface area contributed by atoms with Gasteiger partial charge in [0.2, 0.25) is 0 Å². The summed E-state index contributed by atoms with van der Waals surface area (Å²) in [6.07, 6.45) is 0. The molecule has 0 radical (unpaired) electrons. The molecule has 9 heteroatoms. The predicted octanol–water partition coefficient (Wildman–Crippen LogP) is 21.1. The second-order valence-electron chi connectivity index (χ2n) is 23.1. The maximum absolute atomic E-state index is 5.04. The molecule has 13 aromatic carbocycles. The number of rotatable bonds is 13. The molecular formula is C84H55N9. The van der Waals surface area contributed by atoms with Crippen LogP contribution in [0, 0.1) is 0 Å². The molecule has 0 aliphatic rings. The SMILES string of the molecule is c1ccc(-c2ccc(-c3ccc(N(c4ccc5c(c4)c4ccccc4n5-c4ccc(-c5nc(-c6ccccc6)nc(-c6ccccc6)n5)cc4)c4ccc5c(c4)c4ccccc4n5-c4ccc(-c5nc(-c6ccccc6)nc(-c6ccccc6)n5)cc4)cc3)cc2)cc1. The number of aromatic nitrogens is 8. The van der Waals surface area contributed by atoms with Crippen molar-refractivity contribution in [2.45, 2.75) is 0 Å². The highest BCUT2D eigenvalue weighted by molar-refractivity contribution is 6.12. The van der Waals surface area contributed by atoms with E-state index in [0.717, 1.165) is 117 Å². The molecular weight excluding hydrogens is 1130 g/mol. The first kappa shape index (κ1) is 54.4. The van der Waals surface area contributed by atoms with E-state index < -0.39 is 0 Å². The van der Waals surface area contributed by atoms with Crippen LogP contribution in [-0.2, 0) is 0 Å². The van der Waals surface area contributed by atoms with Crippen LogP contribution in [0.25, 0.3) is 146 Å². The van der Waals surface area contributed by atoms with Crippen molar-refractivity contribution in [1.82, 2.24) is 39.0 Å². The fourth-order valence-electron chi connectivity index (χ4n) is 12.9. The van der Waals surface area contributed by atoms with Gasteiger partial charge in [-0.15, -0.1) is 0 Å². The standard InChI is InChI=1S/C84H55N9/c1-6-20-56(21-7-1)57-34-36-58(37-35-57)59-38-44-66(45-39-59)91(69-50-52-77-73(54-69)71-30-16-18-32-75(71)92(77)67-46-40-64(41-47-67)83-87-79(60-22-8-2-9-23-60)85-80(88-83)61-24-10-3-11-25-61)70-51-53-78-74(55-70)72-31-17-19-33-76(72)93(78)68-48-42-65(43-49-68)84-89-81(62-26-12-4-13-27-62)86-82(90-84)63-28-14-5-15-29-63/h1-55H. The van der Waals surface area contributed by atoms with Gasteiger partial charge in [0.15, 0.2) is 34.9 Å². The molecule has 9 nitrogen and oxygen atoms in total. The molecule has 0 amide bonds. The number of hydrogen-bond donors (Lipinski definition) is 0. The summed E-state index contributed by atoms with van der Waals surface area (Å²) < 4.78 is 4.72. The Kier molecular flexibility index (Phi) is 13.7. The molecule has 0 fully saturated rings. The van der Waals surface area contributed by atoms with E-state index in [0.29, 0.717) is 34.9 Å². The maximum Gasteiger partial charge on any atom is 0.164 e. The van der Waals surface area contributed by atoms with Gasteiger partial charge in [0.1, 0.15) is 0 Å². The molecule has 4 heterocycles. The first-order chi connectivity index (χ1) is 46.1. The second kappa shape index (κ2) is 23.3. The van der Waals surface area contributed by atoms with Crippen molar-refractivity contribution >= 4 is 60.7 Å². The molecule has 0 atom stereocenters. The lowest BCUT2D eigenvalue weighted by molar-refractivity contribution is 1.07.